The minimum Gasteiger partial charge on any atom is -0.487 e. The molecular formula is C17H14N2O3. The van der Waals surface area contributed by atoms with Crippen molar-refractivity contribution in [3.8, 4) is 5.75 Å². The van der Waals surface area contributed by atoms with Crippen molar-refractivity contribution in [1.29, 1.82) is 0 Å². The number of ether oxygens (including phenoxy) is 1. The molecule has 0 aliphatic carbocycles. The zero-order valence-corrected chi connectivity index (χ0v) is 11.7. The van der Waals surface area contributed by atoms with Gasteiger partial charge in [-0.1, -0.05) is 24.3 Å². The number of carbonyl (C=O) groups excluding carboxylic acids is 1. The Labute approximate surface area is 127 Å². The maximum Gasteiger partial charge on any atom is 0.274 e. The molecule has 0 bridgehead atoms. The van der Waals surface area contributed by atoms with Gasteiger partial charge in [0.1, 0.15) is 12.4 Å². The minimum absolute atomic E-state index is 0.344. The van der Waals surface area contributed by atoms with E-state index in [-0.39, 0.29) is 0 Å². The van der Waals surface area contributed by atoms with Crippen LogP contribution in [-0.2, 0) is 6.61 Å². The maximum atomic E-state index is 11.2. The van der Waals surface area contributed by atoms with Gasteiger partial charge in [0.2, 0.25) is 0 Å². The van der Waals surface area contributed by atoms with Gasteiger partial charge >= 0.3 is 0 Å². The van der Waals surface area contributed by atoms with Crippen LogP contribution >= 0.6 is 0 Å². The largest absolute Gasteiger partial charge is 0.487 e. The van der Waals surface area contributed by atoms with Crippen molar-refractivity contribution in [3.05, 3.63) is 71.9 Å². The predicted molar refractivity (Wildman–Crippen MR) is 81.8 cm³/mol. The maximum absolute atomic E-state index is 11.2. The number of hydroxylamine groups is 1. The van der Waals surface area contributed by atoms with Gasteiger partial charge in [-0.15, -0.1) is 0 Å². The van der Waals surface area contributed by atoms with Crippen molar-refractivity contribution in [1.82, 2.24) is 10.5 Å². The Morgan fingerprint density at radius 3 is 2.59 bits per heavy atom. The summed E-state index contributed by atoms with van der Waals surface area (Å²) in [7, 11) is 0. The van der Waals surface area contributed by atoms with Crippen LogP contribution in [0.1, 0.15) is 16.1 Å². The molecule has 0 saturated carbocycles. The smallest absolute Gasteiger partial charge is 0.274 e. The summed E-state index contributed by atoms with van der Waals surface area (Å²) in [5.41, 5.74) is 3.70. The molecule has 110 valence electrons. The number of rotatable bonds is 4. The number of nitrogens with one attached hydrogen (secondary N) is 1. The van der Waals surface area contributed by atoms with Gasteiger partial charge < -0.3 is 4.74 Å². The number of pyridine rings is 1. The summed E-state index contributed by atoms with van der Waals surface area (Å²) < 4.78 is 5.65. The van der Waals surface area contributed by atoms with Crippen LogP contribution in [0.25, 0.3) is 10.9 Å². The minimum atomic E-state index is -0.553. The molecule has 0 saturated heterocycles. The molecule has 5 heteroatoms. The second-order valence-corrected chi connectivity index (χ2v) is 4.75. The van der Waals surface area contributed by atoms with Crippen molar-refractivity contribution in [2.24, 2.45) is 0 Å². The molecule has 0 aliphatic heterocycles. The average Bonchev–Trinajstić information content (AvgIpc) is 2.59. The van der Waals surface area contributed by atoms with E-state index >= 15 is 0 Å². The third-order valence-corrected chi connectivity index (χ3v) is 3.26. The first-order valence-electron chi connectivity index (χ1n) is 6.78. The Morgan fingerprint density at radius 2 is 1.82 bits per heavy atom. The summed E-state index contributed by atoms with van der Waals surface area (Å²) >= 11 is 0. The lowest BCUT2D eigenvalue weighted by Crippen LogP contribution is -2.18. The fourth-order valence-electron chi connectivity index (χ4n) is 2.11. The highest BCUT2D eigenvalue weighted by atomic mass is 16.5. The van der Waals surface area contributed by atoms with Gasteiger partial charge in [-0.2, -0.15) is 0 Å². The van der Waals surface area contributed by atoms with Gasteiger partial charge in [-0.3, -0.25) is 10.0 Å². The van der Waals surface area contributed by atoms with Gasteiger partial charge in [-0.05, 0) is 36.4 Å². The lowest BCUT2D eigenvalue weighted by Gasteiger charge is -2.07. The first kappa shape index (κ1) is 14.0. The normalized spacial score (nSPS) is 10.4. The first-order valence-corrected chi connectivity index (χ1v) is 6.78. The summed E-state index contributed by atoms with van der Waals surface area (Å²) in [4.78, 5) is 15.7. The third-order valence-electron chi connectivity index (χ3n) is 3.26. The number of para-hydroxylation sites is 1. The zero-order valence-electron chi connectivity index (χ0n) is 11.7. The molecule has 3 rings (SSSR count). The van der Waals surface area contributed by atoms with Gasteiger partial charge in [-0.25, -0.2) is 10.5 Å². The number of aromatic nitrogens is 1. The Bertz CT molecular complexity index is 800. The predicted octanol–water partition coefficient (Wildman–Crippen LogP) is 2.93. The molecule has 0 atom stereocenters. The summed E-state index contributed by atoms with van der Waals surface area (Å²) in [6.45, 7) is 0.344. The number of amides is 1. The lowest BCUT2D eigenvalue weighted by molar-refractivity contribution is 0.0706. The van der Waals surface area contributed by atoms with E-state index in [1.54, 1.807) is 29.7 Å². The van der Waals surface area contributed by atoms with Crippen LogP contribution in [-0.4, -0.2) is 16.1 Å². The van der Waals surface area contributed by atoms with E-state index in [1.165, 1.54) is 0 Å². The van der Waals surface area contributed by atoms with Gasteiger partial charge in [0.15, 0.2) is 0 Å². The Morgan fingerprint density at radius 1 is 1.05 bits per heavy atom. The summed E-state index contributed by atoms with van der Waals surface area (Å²) in [6.07, 6.45) is 0. The Hall–Kier alpha value is -2.92. The van der Waals surface area contributed by atoms with E-state index in [1.807, 2.05) is 36.4 Å². The number of benzene rings is 2. The van der Waals surface area contributed by atoms with E-state index in [9.17, 15) is 4.79 Å². The van der Waals surface area contributed by atoms with Crippen LogP contribution in [0.2, 0.25) is 0 Å². The number of hydrogen-bond acceptors (Lipinski definition) is 4. The molecule has 2 N–H and O–H groups in total. The van der Waals surface area contributed by atoms with Gasteiger partial charge in [0.05, 0.1) is 11.2 Å². The third kappa shape index (κ3) is 3.05. The van der Waals surface area contributed by atoms with Crippen LogP contribution in [0.5, 0.6) is 5.75 Å². The van der Waals surface area contributed by atoms with E-state index in [2.05, 4.69) is 4.98 Å². The highest BCUT2D eigenvalue weighted by molar-refractivity contribution is 5.93. The van der Waals surface area contributed by atoms with Crippen LogP contribution in [0.3, 0.4) is 0 Å². The Kier molecular flexibility index (Phi) is 3.98. The second-order valence-electron chi connectivity index (χ2n) is 4.75. The molecule has 0 fully saturated rings. The fourth-order valence-corrected chi connectivity index (χ4v) is 2.11. The SMILES string of the molecule is O=C(NO)c1ccc(OCc2ccc3ccccc3n2)cc1. The van der Waals surface area contributed by atoms with E-state index in [0.717, 1.165) is 16.6 Å². The molecule has 3 aromatic rings. The Balaban J connectivity index is 1.69. The average molecular weight is 294 g/mol. The standard InChI is InChI=1S/C17H14N2O3/c20-17(19-21)13-6-9-15(10-7-13)22-11-14-8-5-12-3-1-2-4-16(12)18-14/h1-10,21H,11H2,(H,19,20). The molecule has 1 heterocycles. The summed E-state index contributed by atoms with van der Waals surface area (Å²) in [5.74, 6) is 0.0761. The van der Waals surface area contributed by atoms with Crippen molar-refractivity contribution < 1.29 is 14.7 Å². The van der Waals surface area contributed by atoms with E-state index < -0.39 is 5.91 Å². The van der Waals surface area contributed by atoms with Crippen molar-refractivity contribution in [2.75, 3.05) is 0 Å². The molecular weight excluding hydrogens is 280 g/mol. The van der Waals surface area contributed by atoms with Crippen LogP contribution in [0, 0.1) is 0 Å². The second kappa shape index (κ2) is 6.24. The molecule has 1 aromatic heterocycles. The molecule has 0 spiro atoms. The molecule has 1 amide bonds. The topological polar surface area (TPSA) is 71.5 Å². The van der Waals surface area contributed by atoms with Crippen molar-refractivity contribution in [2.45, 2.75) is 6.61 Å². The molecule has 0 unspecified atom stereocenters. The molecule has 5 nitrogen and oxygen atoms in total. The van der Waals surface area contributed by atoms with E-state index in [4.69, 9.17) is 9.94 Å². The highest BCUT2D eigenvalue weighted by Gasteiger charge is 2.04. The number of fused-ring (bicyclic) bond motifs is 1. The van der Waals surface area contributed by atoms with Crippen LogP contribution < -0.4 is 10.2 Å². The zero-order chi connectivity index (χ0) is 15.4. The molecule has 2 aromatic carbocycles. The van der Waals surface area contributed by atoms with Gasteiger partial charge in [0.25, 0.3) is 5.91 Å². The number of nitrogens with zero attached hydrogens (tertiary/aromatic N) is 1. The van der Waals surface area contributed by atoms with Crippen LogP contribution in [0.4, 0.5) is 0 Å². The lowest BCUT2D eigenvalue weighted by atomic mass is 10.2. The summed E-state index contributed by atoms with van der Waals surface area (Å²) in [6, 6.07) is 18.3. The first-order chi connectivity index (χ1) is 10.8. The highest BCUT2D eigenvalue weighted by Crippen LogP contribution is 2.16. The quantitative estimate of drug-likeness (QED) is 0.573. The molecule has 0 aliphatic rings. The molecule has 22 heavy (non-hydrogen) atoms. The van der Waals surface area contributed by atoms with Crippen LogP contribution in [0.15, 0.2) is 60.7 Å². The van der Waals surface area contributed by atoms with Gasteiger partial charge in [0, 0.05) is 10.9 Å². The molecule has 0 radical (unpaired) electrons. The number of hydrogen-bond donors (Lipinski definition) is 2. The van der Waals surface area contributed by atoms with E-state index in [0.29, 0.717) is 17.9 Å². The van der Waals surface area contributed by atoms with Crippen molar-refractivity contribution >= 4 is 16.8 Å². The summed E-state index contributed by atoms with van der Waals surface area (Å²) in [5, 5.41) is 9.65. The number of carbonyl (C=O) groups is 1. The monoisotopic (exact) mass is 294 g/mol. The fraction of sp³-hybridized carbons (Fsp3) is 0.0588. The van der Waals surface area contributed by atoms with Crippen molar-refractivity contribution in [3.63, 3.8) is 0 Å².